The van der Waals surface area contributed by atoms with Crippen molar-refractivity contribution in [2.75, 3.05) is 5.32 Å². The third-order valence-electron chi connectivity index (χ3n) is 3.51. The average Bonchev–Trinajstić information content (AvgIpc) is 2.63. The maximum Gasteiger partial charge on any atom is 0.270 e. The van der Waals surface area contributed by atoms with Gasteiger partial charge in [-0.1, -0.05) is 23.8 Å². The van der Waals surface area contributed by atoms with Crippen LogP contribution in [0.15, 0.2) is 67.1 Å². The molecule has 2 aromatic heterocycles. The van der Waals surface area contributed by atoms with Crippen molar-refractivity contribution < 1.29 is 4.79 Å². The summed E-state index contributed by atoms with van der Waals surface area (Å²) < 4.78 is 0. The van der Waals surface area contributed by atoms with E-state index in [2.05, 4.69) is 20.6 Å². The van der Waals surface area contributed by atoms with Gasteiger partial charge in [-0.3, -0.25) is 14.8 Å². The lowest BCUT2D eigenvalue weighted by atomic mass is 10.2. The Kier molecular flexibility index (Phi) is 4.81. The number of anilines is 2. The summed E-state index contributed by atoms with van der Waals surface area (Å²) in [6.07, 6.45) is 5.05. The second-order valence-electron chi connectivity index (χ2n) is 5.46. The number of pyridine rings is 2. The molecule has 1 amide bonds. The Morgan fingerprint density at radius 3 is 2.62 bits per heavy atom. The molecule has 0 aliphatic heterocycles. The molecule has 2 heterocycles. The summed E-state index contributed by atoms with van der Waals surface area (Å²) in [7, 11) is 0. The molecule has 0 atom stereocenters. The fourth-order valence-electron chi connectivity index (χ4n) is 2.21. The number of hydrogen-bond acceptors (Lipinski definition) is 4. The zero-order chi connectivity index (χ0) is 16.8. The lowest BCUT2D eigenvalue weighted by Gasteiger charge is -2.09. The smallest absolute Gasteiger partial charge is 0.270 e. The van der Waals surface area contributed by atoms with Gasteiger partial charge in [0.05, 0.1) is 0 Å². The van der Waals surface area contributed by atoms with Crippen molar-refractivity contribution in [3.8, 4) is 0 Å². The first kappa shape index (κ1) is 15.7. The molecule has 2 N–H and O–H groups in total. The Morgan fingerprint density at radius 2 is 1.88 bits per heavy atom. The standard InChI is InChI=1S/C19H18N4O/c1-14-4-6-16(7-5-14)23-17-8-10-21-18(11-17)19(24)22-13-15-3-2-9-20-12-15/h2-12H,13H2,1H3,(H,21,23)(H,22,24). The molecular formula is C19H18N4O. The molecule has 120 valence electrons. The molecular weight excluding hydrogens is 300 g/mol. The maximum atomic E-state index is 12.2. The molecule has 3 aromatic rings. The van der Waals surface area contributed by atoms with Crippen molar-refractivity contribution >= 4 is 17.3 Å². The minimum atomic E-state index is -0.216. The number of aryl methyl sites for hydroxylation is 1. The summed E-state index contributed by atoms with van der Waals surface area (Å²) in [5.74, 6) is -0.216. The summed E-state index contributed by atoms with van der Waals surface area (Å²) in [5.41, 5.74) is 4.30. The number of nitrogens with zero attached hydrogens (tertiary/aromatic N) is 2. The molecule has 3 rings (SSSR count). The highest BCUT2D eigenvalue weighted by Gasteiger charge is 2.08. The van der Waals surface area contributed by atoms with Crippen molar-refractivity contribution in [3.63, 3.8) is 0 Å². The number of carbonyl (C=O) groups excluding carboxylic acids is 1. The largest absolute Gasteiger partial charge is 0.355 e. The fourth-order valence-corrected chi connectivity index (χ4v) is 2.21. The minimum absolute atomic E-state index is 0.216. The van der Waals surface area contributed by atoms with Crippen LogP contribution in [0.3, 0.4) is 0 Å². The summed E-state index contributed by atoms with van der Waals surface area (Å²) >= 11 is 0. The van der Waals surface area contributed by atoms with Crippen LogP contribution in [0.5, 0.6) is 0 Å². The van der Waals surface area contributed by atoms with Gasteiger partial charge in [0, 0.05) is 36.5 Å². The Bertz CT molecular complexity index is 816. The lowest BCUT2D eigenvalue weighted by molar-refractivity contribution is 0.0946. The van der Waals surface area contributed by atoms with Crippen LogP contribution < -0.4 is 10.6 Å². The Labute approximate surface area is 140 Å². The van der Waals surface area contributed by atoms with E-state index in [4.69, 9.17) is 0 Å². The van der Waals surface area contributed by atoms with E-state index in [1.807, 2.05) is 49.4 Å². The molecule has 1 aromatic carbocycles. The van der Waals surface area contributed by atoms with Crippen molar-refractivity contribution in [1.82, 2.24) is 15.3 Å². The number of carbonyl (C=O) groups is 1. The second kappa shape index (κ2) is 7.37. The monoisotopic (exact) mass is 318 g/mol. The van der Waals surface area contributed by atoms with Gasteiger partial charge >= 0.3 is 0 Å². The Hall–Kier alpha value is -3.21. The molecule has 0 fully saturated rings. The molecule has 0 bridgehead atoms. The third-order valence-corrected chi connectivity index (χ3v) is 3.51. The molecule has 0 radical (unpaired) electrons. The number of rotatable bonds is 5. The molecule has 0 aliphatic carbocycles. The van der Waals surface area contributed by atoms with E-state index in [9.17, 15) is 4.79 Å². The predicted molar refractivity (Wildman–Crippen MR) is 94.1 cm³/mol. The Balaban J connectivity index is 1.65. The molecule has 0 aliphatic rings. The van der Waals surface area contributed by atoms with Gasteiger partial charge in [0.25, 0.3) is 5.91 Å². The normalized spacial score (nSPS) is 10.2. The van der Waals surface area contributed by atoms with Crippen LogP contribution in [0.1, 0.15) is 21.6 Å². The summed E-state index contributed by atoms with van der Waals surface area (Å²) in [4.78, 5) is 20.4. The van der Waals surface area contributed by atoms with Gasteiger partial charge in [-0.15, -0.1) is 0 Å². The van der Waals surface area contributed by atoms with Gasteiger partial charge in [-0.2, -0.15) is 0 Å². The highest BCUT2D eigenvalue weighted by Crippen LogP contribution is 2.17. The van der Waals surface area contributed by atoms with E-state index in [1.54, 1.807) is 24.7 Å². The van der Waals surface area contributed by atoms with E-state index in [1.165, 1.54) is 5.56 Å². The molecule has 5 heteroatoms. The second-order valence-corrected chi connectivity index (χ2v) is 5.46. The van der Waals surface area contributed by atoms with E-state index in [0.717, 1.165) is 16.9 Å². The van der Waals surface area contributed by atoms with E-state index >= 15 is 0 Å². The van der Waals surface area contributed by atoms with Crippen molar-refractivity contribution in [3.05, 3.63) is 83.9 Å². The van der Waals surface area contributed by atoms with Gasteiger partial charge in [0.15, 0.2) is 0 Å². The van der Waals surface area contributed by atoms with Crippen LogP contribution in [-0.2, 0) is 6.54 Å². The van der Waals surface area contributed by atoms with Crippen LogP contribution in [0.2, 0.25) is 0 Å². The molecule has 5 nitrogen and oxygen atoms in total. The fraction of sp³-hybridized carbons (Fsp3) is 0.105. The van der Waals surface area contributed by atoms with Crippen molar-refractivity contribution in [1.29, 1.82) is 0 Å². The average molecular weight is 318 g/mol. The summed E-state index contributed by atoms with van der Waals surface area (Å²) in [5, 5.41) is 6.11. The molecule has 0 unspecified atom stereocenters. The number of aromatic nitrogens is 2. The van der Waals surface area contributed by atoms with Crippen molar-refractivity contribution in [2.45, 2.75) is 13.5 Å². The quantitative estimate of drug-likeness (QED) is 0.756. The zero-order valence-corrected chi connectivity index (χ0v) is 13.4. The maximum absolute atomic E-state index is 12.2. The molecule has 24 heavy (non-hydrogen) atoms. The highest BCUT2D eigenvalue weighted by molar-refractivity contribution is 5.93. The van der Waals surface area contributed by atoms with Crippen molar-refractivity contribution in [2.24, 2.45) is 0 Å². The number of benzene rings is 1. The van der Waals surface area contributed by atoms with Gasteiger partial charge in [-0.05, 0) is 42.8 Å². The van der Waals surface area contributed by atoms with E-state index < -0.39 is 0 Å². The third kappa shape index (κ3) is 4.16. The van der Waals surface area contributed by atoms with Gasteiger partial charge in [-0.25, -0.2) is 0 Å². The SMILES string of the molecule is Cc1ccc(Nc2ccnc(C(=O)NCc3cccnc3)c2)cc1. The number of nitrogens with one attached hydrogen (secondary N) is 2. The van der Waals surface area contributed by atoms with Crippen LogP contribution in [0, 0.1) is 6.92 Å². The highest BCUT2D eigenvalue weighted by atomic mass is 16.1. The summed E-state index contributed by atoms with van der Waals surface area (Å²) in [6, 6.07) is 15.4. The molecule has 0 spiro atoms. The predicted octanol–water partition coefficient (Wildman–Crippen LogP) is 3.46. The summed E-state index contributed by atoms with van der Waals surface area (Å²) in [6.45, 7) is 2.46. The van der Waals surface area contributed by atoms with Gasteiger partial charge in [0.1, 0.15) is 5.69 Å². The van der Waals surface area contributed by atoms with E-state index in [0.29, 0.717) is 12.2 Å². The first-order valence-corrected chi connectivity index (χ1v) is 7.67. The first-order valence-electron chi connectivity index (χ1n) is 7.67. The van der Waals surface area contributed by atoms with Gasteiger partial charge in [0.2, 0.25) is 0 Å². The molecule has 0 saturated heterocycles. The zero-order valence-electron chi connectivity index (χ0n) is 13.4. The minimum Gasteiger partial charge on any atom is -0.355 e. The Morgan fingerprint density at radius 1 is 1.04 bits per heavy atom. The first-order chi connectivity index (χ1) is 11.7. The van der Waals surface area contributed by atoms with Gasteiger partial charge < -0.3 is 10.6 Å². The topological polar surface area (TPSA) is 66.9 Å². The number of amides is 1. The van der Waals surface area contributed by atoms with Crippen LogP contribution in [-0.4, -0.2) is 15.9 Å². The van der Waals surface area contributed by atoms with E-state index in [-0.39, 0.29) is 5.91 Å². The van der Waals surface area contributed by atoms with Crippen LogP contribution >= 0.6 is 0 Å². The number of hydrogen-bond donors (Lipinski definition) is 2. The van der Waals surface area contributed by atoms with Crippen LogP contribution in [0.25, 0.3) is 0 Å². The lowest BCUT2D eigenvalue weighted by Crippen LogP contribution is -2.23. The van der Waals surface area contributed by atoms with Crippen LogP contribution in [0.4, 0.5) is 11.4 Å². The molecule has 0 saturated carbocycles.